The van der Waals surface area contributed by atoms with Gasteiger partial charge >= 0.3 is 0 Å². The maximum absolute atomic E-state index is 11.4. The van der Waals surface area contributed by atoms with Gasteiger partial charge < -0.3 is 19.7 Å². The van der Waals surface area contributed by atoms with Crippen LogP contribution >= 0.6 is 0 Å². The molecule has 0 bridgehead atoms. The van der Waals surface area contributed by atoms with Crippen LogP contribution in [0.3, 0.4) is 0 Å². The number of rotatable bonds is 2. The van der Waals surface area contributed by atoms with Crippen LogP contribution in [0.4, 0.5) is 0 Å². The minimum atomic E-state index is -0.660. The fraction of sp³-hybridized carbons (Fsp3) is 0.273. The molecule has 0 unspecified atom stereocenters. The summed E-state index contributed by atoms with van der Waals surface area (Å²) in [6.07, 6.45) is 0. The van der Waals surface area contributed by atoms with E-state index in [1.54, 1.807) is 0 Å². The van der Waals surface area contributed by atoms with Crippen LogP contribution in [0.2, 0.25) is 0 Å². The molecule has 1 aliphatic heterocycles. The Morgan fingerprint density at radius 2 is 1.29 bits per heavy atom. The Bertz CT molecular complexity index is 484. The normalized spacial score (nSPS) is 12.6. The molecule has 2 N–H and O–H groups in total. The topological polar surface area (TPSA) is 93.1 Å². The summed E-state index contributed by atoms with van der Waals surface area (Å²) in [5.41, 5.74) is -0.361. The molecule has 0 spiro atoms. The number of ketones is 2. The fourth-order valence-corrected chi connectivity index (χ4v) is 1.75. The van der Waals surface area contributed by atoms with Gasteiger partial charge in [-0.1, -0.05) is 0 Å². The highest BCUT2D eigenvalue weighted by Gasteiger charge is 2.33. The number of phenols is 2. The van der Waals surface area contributed by atoms with Crippen molar-refractivity contribution in [2.24, 2.45) is 0 Å². The molecule has 1 aliphatic rings. The van der Waals surface area contributed by atoms with Gasteiger partial charge in [0.05, 0.1) is 0 Å². The molecule has 1 heterocycles. The summed E-state index contributed by atoms with van der Waals surface area (Å²) >= 11 is 0. The quantitative estimate of drug-likeness (QED) is 0.594. The fourth-order valence-electron chi connectivity index (χ4n) is 1.75. The van der Waals surface area contributed by atoms with Gasteiger partial charge in [0.15, 0.2) is 34.6 Å². The van der Waals surface area contributed by atoms with E-state index in [0.29, 0.717) is 0 Å². The minimum Gasteiger partial charge on any atom is -0.504 e. The van der Waals surface area contributed by atoms with Crippen LogP contribution < -0.4 is 9.47 Å². The standard InChI is InChI=1S/C11H10O6/c1-4(12)6-8(14)9(15)7(5(2)13)11-10(6)16-3-17-11/h14-15H,3H2,1-2H3. The molecule has 0 fully saturated rings. The number of carbonyl (C=O) groups excluding carboxylic acids is 2. The van der Waals surface area contributed by atoms with Crippen molar-refractivity contribution in [3.8, 4) is 23.0 Å². The molecule has 90 valence electrons. The minimum absolute atomic E-state index is 0.00185. The lowest BCUT2D eigenvalue weighted by atomic mass is 10.0. The number of fused-ring (bicyclic) bond motifs is 1. The van der Waals surface area contributed by atoms with E-state index in [2.05, 4.69) is 0 Å². The van der Waals surface area contributed by atoms with Gasteiger partial charge in [0.25, 0.3) is 0 Å². The van der Waals surface area contributed by atoms with Gasteiger partial charge in [0.1, 0.15) is 11.1 Å². The summed E-state index contributed by atoms with van der Waals surface area (Å²) in [6, 6.07) is 0. The molecule has 0 atom stereocenters. The number of hydrogen-bond donors (Lipinski definition) is 2. The number of ether oxygens (including phenoxy) is 2. The molecule has 0 saturated carbocycles. The van der Waals surface area contributed by atoms with Crippen molar-refractivity contribution in [1.82, 2.24) is 0 Å². The van der Waals surface area contributed by atoms with Crippen molar-refractivity contribution in [3.05, 3.63) is 11.1 Å². The van der Waals surface area contributed by atoms with Crippen LogP contribution in [-0.4, -0.2) is 28.6 Å². The first-order chi connectivity index (χ1) is 7.95. The molecule has 6 nitrogen and oxygen atoms in total. The predicted octanol–water partition coefficient (Wildman–Crippen LogP) is 1.23. The third kappa shape index (κ3) is 1.49. The van der Waals surface area contributed by atoms with Crippen LogP contribution in [0.1, 0.15) is 34.6 Å². The molecule has 0 aromatic heterocycles. The van der Waals surface area contributed by atoms with E-state index < -0.39 is 23.1 Å². The number of aromatic hydroxyl groups is 2. The first kappa shape index (κ1) is 11.3. The second-order valence-corrected chi connectivity index (χ2v) is 3.62. The lowest BCUT2D eigenvalue weighted by Crippen LogP contribution is -2.01. The largest absolute Gasteiger partial charge is 0.504 e. The number of hydrogen-bond acceptors (Lipinski definition) is 6. The van der Waals surface area contributed by atoms with Gasteiger partial charge in [-0.2, -0.15) is 0 Å². The highest BCUT2D eigenvalue weighted by atomic mass is 16.7. The average molecular weight is 238 g/mol. The van der Waals surface area contributed by atoms with Gasteiger partial charge in [0.2, 0.25) is 6.79 Å². The van der Waals surface area contributed by atoms with E-state index in [9.17, 15) is 19.8 Å². The van der Waals surface area contributed by atoms with E-state index >= 15 is 0 Å². The molecular weight excluding hydrogens is 228 g/mol. The van der Waals surface area contributed by atoms with Crippen LogP contribution in [0.15, 0.2) is 0 Å². The second-order valence-electron chi connectivity index (χ2n) is 3.62. The van der Waals surface area contributed by atoms with Crippen LogP contribution in [0, 0.1) is 0 Å². The van der Waals surface area contributed by atoms with Crippen molar-refractivity contribution < 1.29 is 29.3 Å². The summed E-state index contributed by atoms with van der Waals surface area (Å²) in [5, 5.41) is 19.4. The molecule has 1 aromatic rings. The summed E-state index contributed by atoms with van der Waals surface area (Å²) < 4.78 is 10.1. The molecule has 0 radical (unpaired) electrons. The average Bonchev–Trinajstić information content (AvgIpc) is 2.66. The molecule has 0 amide bonds. The van der Waals surface area contributed by atoms with E-state index in [4.69, 9.17) is 9.47 Å². The van der Waals surface area contributed by atoms with Crippen molar-refractivity contribution in [1.29, 1.82) is 0 Å². The maximum Gasteiger partial charge on any atom is 0.231 e. The Morgan fingerprint density at radius 3 is 1.59 bits per heavy atom. The Labute approximate surface area is 96.4 Å². The van der Waals surface area contributed by atoms with E-state index in [1.165, 1.54) is 13.8 Å². The summed E-state index contributed by atoms with van der Waals surface area (Å²) in [6.45, 7) is 2.26. The van der Waals surface area contributed by atoms with Gasteiger partial charge in [0, 0.05) is 0 Å². The zero-order chi connectivity index (χ0) is 12.7. The predicted molar refractivity (Wildman–Crippen MR) is 55.9 cm³/mol. The Morgan fingerprint density at radius 1 is 0.941 bits per heavy atom. The number of carbonyl (C=O) groups is 2. The smallest absolute Gasteiger partial charge is 0.231 e. The van der Waals surface area contributed by atoms with Gasteiger partial charge in [-0.25, -0.2) is 0 Å². The van der Waals surface area contributed by atoms with Crippen molar-refractivity contribution in [2.75, 3.05) is 6.79 Å². The number of benzene rings is 1. The monoisotopic (exact) mass is 238 g/mol. The third-order valence-corrected chi connectivity index (χ3v) is 2.47. The van der Waals surface area contributed by atoms with Crippen molar-refractivity contribution in [3.63, 3.8) is 0 Å². The van der Waals surface area contributed by atoms with E-state index in [-0.39, 0.29) is 29.4 Å². The lowest BCUT2D eigenvalue weighted by molar-refractivity contribution is 0.0993. The van der Waals surface area contributed by atoms with Crippen LogP contribution in [0.25, 0.3) is 0 Å². The highest BCUT2D eigenvalue weighted by Crippen LogP contribution is 2.49. The third-order valence-electron chi connectivity index (χ3n) is 2.47. The number of Topliss-reactive ketones (excluding diaryl/α,β-unsaturated/α-hetero) is 2. The summed E-state index contributed by atoms with van der Waals surface area (Å²) in [7, 11) is 0. The van der Waals surface area contributed by atoms with Gasteiger partial charge in [-0.3, -0.25) is 9.59 Å². The Balaban J connectivity index is 2.85. The Hall–Kier alpha value is -2.24. The van der Waals surface area contributed by atoms with Crippen LogP contribution in [-0.2, 0) is 0 Å². The molecular formula is C11H10O6. The summed E-state index contributed by atoms with van der Waals surface area (Å²) in [5.74, 6) is -2.31. The van der Waals surface area contributed by atoms with Gasteiger partial charge in [-0.15, -0.1) is 0 Å². The number of phenolic OH excluding ortho intramolecular Hbond substituents is 2. The maximum atomic E-state index is 11.4. The second kappa shape index (κ2) is 3.65. The molecule has 17 heavy (non-hydrogen) atoms. The van der Waals surface area contributed by atoms with Crippen molar-refractivity contribution in [2.45, 2.75) is 13.8 Å². The molecule has 6 heteroatoms. The Kier molecular flexibility index (Phi) is 2.42. The summed E-state index contributed by atoms with van der Waals surface area (Å²) in [4.78, 5) is 22.7. The van der Waals surface area contributed by atoms with Crippen molar-refractivity contribution >= 4 is 11.6 Å². The highest BCUT2D eigenvalue weighted by molar-refractivity contribution is 6.08. The molecule has 1 aromatic carbocycles. The lowest BCUT2D eigenvalue weighted by Gasteiger charge is -2.11. The van der Waals surface area contributed by atoms with E-state index in [0.717, 1.165) is 0 Å². The molecule has 0 aliphatic carbocycles. The first-order valence-electron chi connectivity index (χ1n) is 4.84. The van der Waals surface area contributed by atoms with Crippen LogP contribution in [0.5, 0.6) is 23.0 Å². The molecule has 0 saturated heterocycles. The van der Waals surface area contributed by atoms with Gasteiger partial charge in [-0.05, 0) is 13.8 Å². The zero-order valence-corrected chi connectivity index (χ0v) is 9.23. The van der Waals surface area contributed by atoms with E-state index in [1.807, 2.05) is 0 Å². The first-order valence-corrected chi connectivity index (χ1v) is 4.84. The zero-order valence-electron chi connectivity index (χ0n) is 9.23. The SMILES string of the molecule is CC(=O)c1c(O)c(O)c(C(C)=O)c2c1OCO2. The molecule has 2 rings (SSSR count).